The molecule has 0 spiro atoms. The molecule has 9 heteroatoms. The quantitative estimate of drug-likeness (QED) is 0.799. The highest BCUT2D eigenvalue weighted by Gasteiger charge is 2.30. The predicted octanol–water partition coefficient (Wildman–Crippen LogP) is 2.70. The summed E-state index contributed by atoms with van der Waals surface area (Å²) >= 11 is 0. The number of aliphatic hydroxyl groups is 1. The summed E-state index contributed by atoms with van der Waals surface area (Å²) in [7, 11) is 0. The lowest BCUT2D eigenvalue weighted by atomic mass is 10.2. The van der Waals surface area contributed by atoms with Crippen LogP contribution in [0.1, 0.15) is 18.2 Å². The lowest BCUT2D eigenvalue weighted by molar-refractivity contribution is -0.137. The summed E-state index contributed by atoms with van der Waals surface area (Å²) in [5, 5.41) is 18.0. The number of hydrogen-bond acceptors (Lipinski definition) is 3. The Balaban J connectivity index is 2.31. The van der Waals surface area contributed by atoms with E-state index >= 15 is 0 Å². The van der Waals surface area contributed by atoms with Crippen molar-refractivity contribution >= 4 is 11.8 Å². The molecule has 2 aromatic rings. The highest BCUT2D eigenvalue weighted by atomic mass is 19.4. The van der Waals surface area contributed by atoms with E-state index in [9.17, 15) is 18.0 Å². The average Bonchev–Trinajstić information content (AvgIpc) is 2.86. The number of aliphatic hydroxyl groups excluding tert-OH is 1. The van der Waals surface area contributed by atoms with Gasteiger partial charge >= 0.3 is 12.2 Å². The van der Waals surface area contributed by atoms with Crippen LogP contribution in [0.15, 0.2) is 30.3 Å². The zero-order valence-corrected chi connectivity index (χ0v) is 13.1. The van der Waals surface area contributed by atoms with Gasteiger partial charge in [0.05, 0.1) is 29.6 Å². The molecule has 0 aliphatic rings. The molecule has 130 valence electrons. The fraction of sp³-hybridized carbons (Fsp3) is 0.333. The molecule has 0 saturated heterocycles. The number of amides is 2. The number of anilines is 1. The van der Waals surface area contributed by atoms with Crippen molar-refractivity contribution in [3.8, 4) is 5.69 Å². The van der Waals surface area contributed by atoms with E-state index in [2.05, 4.69) is 15.7 Å². The van der Waals surface area contributed by atoms with Crippen LogP contribution in [0.4, 0.5) is 23.8 Å². The van der Waals surface area contributed by atoms with E-state index in [1.54, 1.807) is 13.8 Å². The van der Waals surface area contributed by atoms with Crippen LogP contribution >= 0.6 is 0 Å². The maximum atomic E-state index is 12.8. The van der Waals surface area contributed by atoms with Crippen molar-refractivity contribution < 1.29 is 23.1 Å². The van der Waals surface area contributed by atoms with Gasteiger partial charge in [-0.25, -0.2) is 9.48 Å². The first-order valence-corrected chi connectivity index (χ1v) is 7.13. The molecule has 2 rings (SSSR count). The number of nitrogens with one attached hydrogen (secondary N) is 2. The van der Waals surface area contributed by atoms with Crippen molar-refractivity contribution in [3.63, 3.8) is 0 Å². The number of nitrogens with zero attached hydrogens (tertiary/aromatic N) is 2. The van der Waals surface area contributed by atoms with Gasteiger partial charge in [-0.3, -0.25) is 5.32 Å². The molecular weight excluding hydrogens is 325 g/mol. The molecule has 2 amide bonds. The first-order valence-electron chi connectivity index (χ1n) is 7.13. The minimum atomic E-state index is -4.47. The first-order chi connectivity index (χ1) is 11.2. The number of aromatic nitrogens is 2. The summed E-state index contributed by atoms with van der Waals surface area (Å²) in [6.07, 6.45) is -4.47. The Morgan fingerprint density at radius 3 is 2.71 bits per heavy atom. The largest absolute Gasteiger partial charge is 0.416 e. The molecule has 1 aromatic heterocycles. The summed E-state index contributed by atoms with van der Waals surface area (Å²) in [5.74, 6) is 0.217. The molecule has 1 atom stereocenters. The summed E-state index contributed by atoms with van der Waals surface area (Å²) in [6.45, 7) is 3.03. The van der Waals surface area contributed by atoms with Gasteiger partial charge in [0.15, 0.2) is 0 Å². The molecule has 0 unspecified atom stereocenters. The van der Waals surface area contributed by atoms with E-state index in [4.69, 9.17) is 5.11 Å². The van der Waals surface area contributed by atoms with Crippen LogP contribution in [-0.4, -0.2) is 33.6 Å². The highest BCUT2D eigenvalue weighted by Crippen LogP contribution is 2.30. The van der Waals surface area contributed by atoms with Crippen LogP contribution in [0.3, 0.4) is 0 Å². The number of rotatable bonds is 4. The van der Waals surface area contributed by atoms with Crippen LogP contribution in [0.5, 0.6) is 0 Å². The zero-order chi connectivity index (χ0) is 17.9. The third-order valence-corrected chi connectivity index (χ3v) is 3.14. The molecule has 6 nitrogen and oxygen atoms in total. The number of hydrogen-bond donors (Lipinski definition) is 3. The van der Waals surface area contributed by atoms with Gasteiger partial charge in [0.25, 0.3) is 0 Å². The number of carbonyl (C=O) groups excluding carboxylic acids is 1. The minimum absolute atomic E-state index is 0.170. The van der Waals surface area contributed by atoms with Gasteiger partial charge in [0.1, 0.15) is 5.82 Å². The van der Waals surface area contributed by atoms with Crippen molar-refractivity contribution in [1.29, 1.82) is 0 Å². The molecule has 0 aliphatic carbocycles. The van der Waals surface area contributed by atoms with Gasteiger partial charge in [0, 0.05) is 6.07 Å². The van der Waals surface area contributed by atoms with Gasteiger partial charge in [-0.15, -0.1) is 0 Å². The summed E-state index contributed by atoms with van der Waals surface area (Å²) in [6, 6.07) is 5.12. The van der Waals surface area contributed by atoms with Crippen LogP contribution in [0.2, 0.25) is 0 Å². The zero-order valence-electron chi connectivity index (χ0n) is 13.1. The SMILES string of the molecule is Cc1cc(NC(=O)N[C@@H](C)CO)n(-c2cccc(C(F)(F)F)c2)n1. The minimum Gasteiger partial charge on any atom is -0.394 e. The van der Waals surface area contributed by atoms with Crippen molar-refractivity contribution in [3.05, 3.63) is 41.6 Å². The number of alkyl halides is 3. The van der Waals surface area contributed by atoms with Gasteiger partial charge in [-0.2, -0.15) is 18.3 Å². The Morgan fingerprint density at radius 2 is 2.08 bits per heavy atom. The van der Waals surface area contributed by atoms with Gasteiger partial charge in [-0.1, -0.05) is 6.07 Å². The van der Waals surface area contributed by atoms with Gasteiger partial charge in [0.2, 0.25) is 0 Å². The van der Waals surface area contributed by atoms with E-state index < -0.39 is 23.8 Å². The average molecular weight is 342 g/mol. The molecule has 0 aliphatic heterocycles. The highest BCUT2D eigenvalue weighted by molar-refractivity contribution is 5.88. The smallest absolute Gasteiger partial charge is 0.394 e. The Labute approximate surface area is 136 Å². The molecule has 0 saturated carbocycles. The fourth-order valence-electron chi connectivity index (χ4n) is 2.02. The molecule has 0 bridgehead atoms. The van der Waals surface area contributed by atoms with E-state index in [1.807, 2.05) is 0 Å². The fourth-order valence-corrected chi connectivity index (χ4v) is 2.02. The molecule has 0 fully saturated rings. The van der Waals surface area contributed by atoms with Crippen LogP contribution < -0.4 is 10.6 Å². The Kier molecular flexibility index (Phi) is 5.13. The monoisotopic (exact) mass is 342 g/mol. The summed E-state index contributed by atoms with van der Waals surface area (Å²) < 4.78 is 39.8. The molecule has 3 N–H and O–H groups in total. The van der Waals surface area contributed by atoms with Crippen molar-refractivity contribution in [2.45, 2.75) is 26.1 Å². The third kappa shape index (κ3) is 4.25. The van der Waals surface area contributed by atoms with Crippen molar-refractivity contribution in [2.24, 2.45) is 0 Å². The lowest BCUT2D eigenvalue weighted by Crippen LogP contribution is -2.38. The standard InChI is InChI=1S/C15H17F3N4O2/c1-9-6-13(20-14(24)19-10(2)8-23)22(21-9)12-5-3-4-11(7-12)15(16,17)18/h3-7,10,23H,8H2,1-2H3,(H2,19,20,24)/t10-/m0/s1. The van der Waals surface area contributed by atoms with Crippen LogP contribution in [0.25, 0.3) is 5.69 Å². The Morgan fingerprint density at radius 1 is 1.38 bits per heavy atom. The number of carbonyl (C=O) groups is 1. The molecule has 1 aromatic carbocycles. The Hall–Kier alpha value is -2.55. The number of halogens is 3. The van der Waals surface area contributed by atoms with Crippen molar-refractivity contribution in [2.75, 3.05) is 11.9 Å². The number of benzene rings is 1. The lowest BCUT2D eigenvalue weighted by Gasteiger charge is -2.14. The number of aryl methyl sites for hydroxylation is 1. The molecule has 0 radical (unpaired) electrons. The second kappa shape index (κ2) is 6.91. The van der Waals surface area contributed by atoms with E-state index in [-0.39, 0.29) is 18.1 Å². The second-order valence-corrected chi connectivity index (χ2v) is 5.31. The maximum absolute atomic E-state index is 12.8. The maximum Gasteiger partial charge on any atom is 0.416 e. The molecule has 24 heavy (non-hydrogen) atoms. The summed E-state index contributed by atoms with van der Waals surface area (Å²) in [5.41, 5.74) is -0.112. The summed E-state index contributed by atoms with van der Waals surface area (Å²) in [4.78, 5) is 11.8. The first kappa shape index (κ1) is 17.8. The topological polar surface area (TPSA) is 79.2 Å². The molecule has 1 heterocycles. The van der Waals surface area contributed by atoms with Crippen molar-refractivity contribution in [1.82, 2.24) is 15.1 Å². The van der Waals surface area contributed by atoms with Gasteiger partial charge in [-0.05, 0) is 32.0 Å². The third-order valence-electron chi connectivity index (χ3n) is 3.14. The normalized spacial score (nSPS) is 12.8. The van der Waals surface area contributed by atoms with E-state index in [0.717, 1.165) is 12.1 Å². The molecular formula is C15H17F3N4O2. The Bertz CT molecular complexity index is 728. The van der Waals surface area contributed by atoms with Gasteiger partial charge < -0.3 is 10.4 Å². The van der Waals surface area contributed by atoms with Crippen LogP contribution in [-0.2, 0) is 6.18 Å². The second-order valence-electron chi connectivity index (χ2n) is 5.31. The van der Waals surface area contributed by atoms with E-state index in [1.165, 1.54) is 22.9 Å². The van der Waals surface area contributed by atoms with Crippen LogP contribution in [0, 0.1) is 6.92 Å². The predicted molar refractivity (Wildman–Crippen MR) is 82.0 cm³/mol. The van der Waals surface area contributed by atoms with E-state index in [0.29, 0.717) is 5.69 Å². The number of urea groups is 1.